The van der Waals surface area contributed by atoms with Gasteiger partial charge in [0.05, 0.1) is 0 Å². The number of aromatic nitrogens is 2. The predicted octanol–water partition coefficient (Wildman–Crippen LogP) is 2.88. The van der Waals surface area contributed by atoms with Gasteiger partial charge in [0.1, 0.15) is 5.82 Å². The Bertz CT molecular complexity index is 355. The van der Waals surface area contributed by atoms with Crippen molar-refractivity contribution >= 4 is 23.5 Å². The average Bonchev–Trinajstić information content (AvgIpc) is 2.41. The lowest BCUT2D eigenvalue weighted by atomic mass is 10.0. The van der Waals surface area contributed by atoms with Gasteiger partial charge in [-0.05, 0) is 25.2 Å². The van der Waals surface area contributed by atoms with Crippen molar-refractivity contribution in [3.8, 4) is 0 Å². The first-order chi connectivity index (χ1) is 8.56. The number of thioether (sulfide) groups is 1. The van der Waals surface area contributed by atoms with Gasteiger partial charge in [0, 0.05) is 31.6 Å². The smallest absolute Gasteiger partial charge is 0.226 e. The molecule has 0 aromatic carbocycles. The molecule has 0 saturated carbocycles. The van der Waals surface area contributed by atoms with Crippen LogP contribution in [-0.4, -0.2) is 41.6 Å². The van der Waals surface area contributed by atoms with Crippen LogP contribution in [0.15, 0.2) is 12.3 Å². The molecule has 0 atom stereocenters. The minimum absolute atomic E-state index is 0.295. The summed E-state index contributed by atoms with van der Waals surface area (Å²) in [7, 11) is 3.90. The maximum absolute atomic E-state index is 4.47. The maximum Gasteiger partial charge on any atom is 0.226 e. The predicted molar refractivity (Wildman–Crippen MR) is 81.7 cm³/mol. The van der Waals surface area contributed by atoms with Crippen molar-refractivity contribution in [2.75, 3.05) is 37.1 Å². The molecular formula is C13H24N4S. The first-order valence-electron chi connectivity index (χ1n) is 6.36. The Hall–Kier alpha value is -0.970. The van der Waals surface area contributed by atoms with E-state index in [4.69, 9.17) is 0 Å². The van der Waals surface area contributed by atoms with Crippen molar-refractivity contribution in [2.45, 2.75) is 31.4 Å². The highest BCUT2D eigenvalue weighted by Gasteiger charge is 2.24. The van der Waals surface area contributed by atoms with Crippen molar-refractivity contribution < 1.29 is 0 Å². The van der Waals surface area contributed by atoms with Gasteiger partial charge < -0.3 is 10.2 Å². The Kier molecular flexibility index (Phi) is 5.72. The summed E-state index contributed by atoms with van der Waals surface area (Å²) in [5.74, 6) is 1.64. The molecule has 0 unspecified atom stereocenters. The summed E-state index contributed by atoms with van der Waals surface area (Å²) in [4.78, 5) is 10.6. The summed E-state index contributed by atoms with van der Waals surface area (Å²) in [6, 6.07) is 1.92. The fourth-order valence-electron chi connectivity index (χ4n) is 1.77. The zero-order valence-electron chi connectivity index (χ0n) is 12.0. The van der Waals surface area contributed by atoms with Gasteiger partial charge in [-0.1, -0.05) is 13.8 Å². The summed E-state index contributed by atoms with van der Waals surface area (Å²) in [5, 5.41) is 3.43. The largest absolute Gasteiger partial charge is 0.369 e. The molecule has 5 heteroatoms. The molecule has 0 amide bonds. The van der Waals surface area contributed by atoms with Gasteiger partial charge in [-0.2, -0.15) is 16.7 Å². The van der Waals surface area contributed by atoms with Crippen molar-refractivity contribution in [3.63, 3.8) is 0 Å². The van der Waals surface area contributed by atoms with Crippen molar-refractivity contribution in [2.24, 2.45) is 0 Å². The zero-order valence-corrected chi connectivity index (χ0v) is 12.8. The minimum Gasteiger partial charge on any atom is -0.369 e. The molecule has 0 aliphatic carbocycles. The summed E-state index contributed by atoms with van der Waals surface area (Å²) < 4.78 is 0.295. The number of nitrogens with zero attached hydrogens (tertiary/aromatic N) is 3. The van der Waals surface area contributed by atoms with Gasteiger partial charge in [-0.25, -0.2) is 4.98 Å². The summed E-state index contributed by atoms with van der Waals surface area (Å²) in [5.41, 5.74) is 0. The second-order valence-corrected chi connectivity index (χ2v) is 5.86. The maximum atomic E-state index is 4.47. The van der Waals surface area contributed by atoms with Crippen LogP contribution in [0.25, 0.3) is 0 Å². The van der Waals surface area contributed by atoms with E-state index < -0.39 is 0 Å². The summed E-state index contributed by atoms with van der Waals surface area (Å²) in [6.45, 7) is 5.42. The zero-order chi connectivity index (χ0) is 13.6. The minimum atomic E-state index is 0.295. The summed E-state index contributed by atoms with van der Waals surface area (Å²) >= 11 is 1.93. The van der Waals surface area contributed by atoms with E-state index in [1.165, 1.54) is 0 Å². The molecular weight excluding hydrogens is 244 g/mol. The second kappa shape index (κ2) is 6.83. The lowest BCUT2D eigenvalue weighted by Gasteiger charge is -2.30. The van der Waals surface area contributed by atoms with E-state index in [9.17, 15) is 0 Å². The molecule has 102 valence electrons. The Labute approximate surface area is 115 Å². The van der Waals surface area contributed by atoms with Crippen LogP contribution >= 0.6 is 11.8 Å². The summed E-state index contributed by atoms with van der Waals surface area (Å²) in [6.07, 6.45) is 6.29. The van der Waals surface area contributed by atoms with Crippen molar-refractivity contribution in [3.05, 3.63) is 12.3 Å². The highest BCUT2D eigenvalue weighted by Crippen LogP contribution is 2.30. The molecule has 1 heterocycles. The van der Waals surface area contributed by atoms with Crippen LogP contribution in [0.5, 0.6) is 0 Å². The van der Waals surface area contributed by atoms with Gasteiger partial charge in [-0.15, -0.1) is 0 Å². The van der Waals surface area contributed by atoms with Gasteiger partial charge in [0.15, 0.2) is 0 Å². The van der Waals surface area contributed by atoms with Crippen molar-refractivity contribution in [1.82, 2.24) is 9.97 Å². The van der Waals surface area contributed by atoms with E-state index in [1.54, 1.807) is 6.20 Å². The number of hydrogen-bond donors (Lipinski definition) is 1. The average molecular weight is 268 g/mol. The van der Waals surface area contributed by atoms with E-state index in [1.807, 2.05) is 36.8 Å². The molecule has 0 aliphatic rings. The third-order valence-electron chi connectivity index (χ3n) is 3.36. The Morgan fingerprint density at radius 1 is 1.33 bits per heavy atom. The molecule has 4 nitrogen and oxygen atoms in total. The number of nitrogens with one attached hydrogen (secondary N) is 1. The Balaban J connectivity index is 2.70. The topological polar surface area (TPSA) is 41.1 Å². The van der Waals surface area contributed by atoms with Crippen LogP contribution in [0.2, 0.25) is 0 Å². The quantitative estimate of drug-likeness (QED) is 0.823. The lowest BCUT2D eigenvalue weighted by Crippen LogP contribution is -2.32. The Morgan fingerprint density at radius 3 is 2.50 bits per heavy atom. The fourth-order valence-corrected chi connectivity index (χ4v) is 2.57. The molecule has 0 radical (unpaired) electrons. The molecule has 1 aromatic rings. The molecule has 1 aromatic heterocycles. The molecule has 18 heavy (non-hydrogen) atoms. The molecule has 0 aliphatic heterocycles. The van der Waals surface area contributed by atoms with Crippen molar-refractivity contribution in [1.29, 1.82) is 0 Å². The molecule has 1 N–H and O–H groups in total. The Morgan fingerprint density at radius 2 is 2.00 bits per heavy atom. The molecule has 0 spiro atoms. The number of anilines is 2. The van der Waals surface area contributed by atoms with Crippen LogP contribution in [0.3, 0.4) is 0 Å². The van der Waals surface area contributed by atoms with E-state index >= 15 is 0 Å². The highest BCUT2D eigenvalue weighted by atomic mass is 32.2. The van der Waals surface area contributed by atoms with Crippen LogP contribution in [0, 0.1) is 0 Å². The van der Waals surface area contributed by atoms with Crippen LogP contribution in [-0.2, 0) is 0 Å². The lowest BCUT2D eigenvalue weighted by molar-refractivity contribution is 0.574. The van der Waals surface area contributed by atoms with Crippen LogP contribution in [0.4, 0.5) is 11.8 Å². The van der Waals surface area contributed by atoms with Gasteiger partial charge in [-0.3, -0.25) is 0 Å². The molecule has 0 saturated heterocycles. The van der Waals surface area contributed by atoms with E-state index in [2.05, 4.69) is 35.4 Å². The second-order valence-electron chi connectivity index (χ2n) is 4.58. The first-order valence-corrected chi connectivity index (χ1v) is 7.58. The van der Waals surface area contributed by atoms with Crippen LogP contribution in [0.1, 0.15) is 26.7 Å². The third kappa shape index (κ3) is 3.77. The van der Waals surface area contributed by atoms with Gasteiger partial charge >= 0.3 is 0 Å². The van der Waals surface area contributed by atoms with E-state index in [0.717, 1.165) is 31.2 Å². The first kappa shape index (κ1) is 15.1. The standard InChI is InChI=1S/C13H24N4S/c1-6-13(7-2,18-5)10-15-11-8-9-14-12(16-11)17(3)4/h8-9H,6-7,10H2,1-5H3,(H,14,15,16). The SMILES string of the molecule is CCC(CC)(CNc1ccnc(N(C)C)n1)SC. The molecule has 0 bridgehead atoms. The monoisotopic (exact) mass is 268 g/mol. The fraction of sp³-hybridized carbons (Fsp3) is 0.692. The normalized spacial score (nSPS) is 11.4. The van der Waals surface area contributed by atoms with Gasteiger partial charge in [0.25, 0.3) is 0 Å². The van der Waals surface area contributed by atoms with Crippen LogP contribution < -0.4 is 10.2 Å². The highest BCUT2D eigenvalue weighted by molar-refractivity contribution is 8.00. The van der Waals surface area contributed by atoms with Gasteiger partial charge in [0.2, 0.25) is 5.95 Å². The molecule has 0 fully saturated rings. The third-order valence-corrected chi connectivity index (χ3v) is 4.94. The molecule has 1 rings (SSSR count). The van der Waals surface area contributed by atoms with E-state index in [0.29, 0.717) is 4.75 Å². The number of rotatable bonds is 7. The number of hydrogen-bond acceptors (Lipinski definition) is 5. The van der Waals surface area contributed by atoms with E-state index in [-0.39, 0.29) is 0 Å².